The lowest BCUT2D eigenvalue weighted by Gasteiger charge is -2.19. The van der Waals surface area contributed by atoms with Gasteiger partial charge in [-0.2, -0.15) is 0 Å². The van der Waals surface area contributed by atoms with Gasteiger partial charge in [-0.25, -0.2) is 0 Å². The molecule has 0 amide bonds. The van der Waals surface area contributed by atoms with Gasteiger partial charge < -0.3 is 9.47 Å². The van der Waals surface area contributed by atoms with E-state index in [1.54, 1.807) is 24.3 Å². The molecule has 0 fully saturated rings. The number of para-hydroxylation sites is 1. The van der Waals surface area contributed by atoms with Crippen molar-refractivity contribution in [1.82, 2.24) is 0 Å². The summed E-state index contributed by atoms with van der Waals surface area (Å²) in [5.41, 5.74) is 5.33. The summed E-state index contributed by atoms with van der Waals surface area (Å²) in [5, 5.41) is 0. The van der Waals surface area contributed by atoms with Gasteiger partial charge in [0.15, 0.2) is 0 Å². The average molecular weight is 515 g/mol. The van der Waals surface area contributed by atoms with Crippen LogP contribution >= 0.6 is 0 Å². The van der Waals surface area contributed by atoms with Gasteiger partial charge in [0.2, 0.25) is 11.6 Å². The summed E-state index contributed by atoms with van der Waals surface area (Å²) in [6.07, 6.45) is 6.45. The standard InChI is InChI=1S/C34H42O4/c1-25(2)14-8-5-13-19-31-26(3)27(4)32(34(36)33(35)28-15-9-6-10-16-28)24-29(31)20-21-37-22-23-38-30-17-11-7-12-18-30/h6-7,9-12,15-18,24-25H,5,8,13-14,19-23H2,1-4H3. The second-order valence-electron chi connectivity index (χ2n) is 10.4. The lowest BCUT2D eigenvalue weighted by atomic mass is 9.86. The van der Waals surface area contributed by atoms with Gasteiger partial charge in [0.25, 0.3) is 0 Å². The van der Waals surface area contributed by atoms with Crippen LogP contribution in [0.5, 0.6) is 5.75 Å². The Morgan fingerprint density at radius 2 is 1.42 bits per heavy atom. The Bertz CT molecular complexity index is 1170. The fraction of sp³-hybridized carbons (Fsp3) is 0.412. The van der Waals surface area contributed by atoms with Crippen molar-refractivity contribution in [3.63, 3.8) is 0 Å². The SMILES string of the molecule is Cc1c(C(=O)C(=O)c2ccccc2)cc(CCOCCOc2ccccc2)c(CCCCCC(C)C)c1C. The molecule has 0 aliphatic rings. The molecule has 3 aromatic carbocycles. The number of unbranched alkanes of at least 4 members (excludes halogenated alkanes) is 2. The zero-order chi connectivity index (χ0) is 27.3. The van der Waals surface area contributed by atoms with E-state index < -0.39 is 11.6 Å². The molecule has 0 bridgehead atoms. The molecule has 0 aliphatic heterocycles. The van der Waals surface area contributed by atoms with Crippen molar-refractivity contribution in [3.8, 4) is 5.75 Å². The van der Waals surface area contributed by atoms with Crippen molar-refractivity contribution >= 4 is 11.6 Å². The number of ether oxygens (including phenoxy) is 2. The molecule has 0 aliphatic carbocycles. The molecular weight excluding hydrogens is 472 g/mol. The third-order valence-corrected chi connectivity index (χ3v) is 7.08. The van der Waals surface area contributed by atoms with Crippen molar-refractivity contribution in [1.29, 1.82) is 0 Å². The molecule has 3 rings (SSSR count). The van der Waals surface area contributed by atoms with Crippen LogP contribution in [-0.4, -0.2) is 31.4 Å². The van der Waals surface area contributed by atoms with Gasteiger partial charge >= 0.3 is 0 Å². The van der Waals surface area contributed by atoms with Crippen LogP contribution in [0.4, 0.5) is 0 Å². The first-order valence-electron chi connectivity index (χ1n) is 13.9. The highest BCUT2D eigenvalue weighted by Gasteiger charge is 2.23. The van der Waals surface area contributed by atoms with Crippen LogP contribution in [-0.2, 0) is 17.6 Å². The average Bonchev–Trinajstić information content (AvgIpc) is 2.93. The molecule has 0 aromatic heterocycles. The lowest BCUT2D eigenvalue weighted by molar-refractivity contribution is 0.0816. The predicted molar refractivity (Wildman–Crippen MR) is 154 cm³/mol. The summed E-state index contributed by atoms with van der Waals surface area (Å²) in [6.45, 7) is 10.1. The van der Waals surface area contributed by atoms with E-state index in [2.05, 4.69) is 20.8 Å². The number of carbonyl (C=O) groups excluding carboxylic acids is 2. The van der Waals surface area contributed by atoms with Crippen LogP contribution in [0.15, 0.2) is 66.7 Å². The van der Waals surface area contributed by atoms with Gasteiger partial charge in [0, 0.05) is 11.1 Å². The van der Waals surface area contributed by atoms with Crippen LogP contribution in [0.25, 0.3) is 0 Å². The van der Waals surface area contributed by atoms with E-state index in [0.717, 1.165) is 41.2 Å². The van der Waals surface area contributed by atoms with Crippen LogP contribution in [0.3, 0.4) is 0 Å². The van der Waals surface area contributed by atoms with Gasteiger partial charge in [0.05, 0.1) is 13.2 Å². The number of benzene rings is 3. The van der Waals surface area contributed by atoms with E-state index in [1.807, 2.05) is 49.4 Å². The first-order valence-corrected chi connectivity index (χ1v) is 13.9. The second-order valence-corrected chi connectivity index (χ2v) is 10.4. The minimum Gasteiger partial charge on any atom is -0.491 e. The Morgan fingerprint density at radius 1 is 0.737 bits per heavy atom. The van der Waals surface area contributed by atoms with E-state index in [9.17, 15) is 9.59 Å². The van der Waals surface area contributed by atoms with Crippen LogP contribution in [0.1, 0.15) is 82.5 Å². The Morgan fingerprint density at radius 3 is 2.11 bits per heavy atom. The summed E-state index contributed by atoms with van der Waals surface area (Å²) in [4.78, 5) is 26.3. The molecule has 0 unspecified atom stereocenters. The second kappa shape index (κ2) is 15.2. The highest BCUT2D eigenvalue weighted by molar-refractivity contribution is 6.49. The number of ketones is 2. The van der Waals surface area contributed by atoms with Gasteiger partial charge in [-0.15, -0.1) is 0 Å². The predicted octanol–water partition coefficient (Wildman–Crippen LogP) is 7.77. The molecule has 4 nitrogen and oxygen atoms in total. The summed E-state index contributed by atoms with van der Waals surface area (Å²) in [7, 11) is 0. The monoisotopic (exact) mass is 514 g/mol. The van der Waals surface area contributed by atoms with Crippen LogP contribution < -0.4 is 4.74 Å². The van der Waals surface area contributed by atoms with E-state index in [4.69, 9.17) is 9.47 Å². The van der Waals surface area contributed by atoms with Gasteiger partial charge in [-0.1, -0.05) is 81.6 Å². The van der Waals surface area contributed by atoms with E-state index in [0.29, 0.717) is 37.4 Å². The topological polar surface area (TPSA) is 52.6 Å². The number of rotatable bonds is 16. The highest BCUT2D eigenvalue weighted by Crippen LogP contribution is 2.27. The Hall–Kier alpha value is -3.24. The number of hydrogen-bond donors (Lipinski definition) is 0. The lowest BCUT2D eigenvalue weighted by Crippen LogP contribution is -2.18. The van der Waals surface area contributed by atoms with Crippen molar-refractivity contribution in [2.75, 3.05) is 19.8 Å². The Kier molecular flexibility index (Phi) is 11.8. The molecule has 4 heteroatoms. The third kappa shape index (κ3) is 8.66. The molecule has 0 saturated carbocycles. The molecule has 0 heterocycles. The van der Waals surface area contributed by atoms with E-state index >= 15 is 0 Å². The van der Waals surface area contributed by atoms with Crippen molar-refractivity contribution < 1.29 is 19.1 Å². The maximum Gasteiger partial charge on any atom is 0.233 e. The van der Waals surface area contributed by atoms with Gasteiger partial charge in [0.1, 0.15) is 12.4 Å². The highest BCUT2D eigenvalue weighted by atomic mass is 16.5. The van der Waals surface area contributed by atoms with Crippen LogP contribution in [0.2, 0.25) is 0 Å². The van der Waals surface area contributed by atoms with Crippen molar-refractivity contribution in [3.05, 3.63) is 100 Å². The fourth-order valence-electron chi connectivity index (χ4n) is 4.74. The molecule has 0 saturated heterocycles. The zero-order valence-corrected chi connectivity index (χ0v) is 23.4. The number of Topliss-reactive ketones (excluding diaryl/α,β-unsaturated/α-hetero) is 2. The maximum atomic E-state index is 13.3. The molecule has 38 heavy (non-hydrogen) atoms. The van der Waals surface area contributed by atoms with Gasteiger partial charge in [-0.3, -0.25) is 9.59 Å². The molecular formula is C34H42O4. The van der Waals surface area contributed by atoms with Crippen molar-refractivity contribution in [2.24, 2.45) is 5.92 Å². The first kappa shape index (κ1) is 29.3. The summed E-state index contributed by atoms with van der Waals surface area (Å²) in [5.74, 6) is 0.648. The zero-order valence-electron chi connectivity index (χ0n) is 23.4. The third-order valence-electron chi connectivity index (χ3n) is 7.08. The number of carbonyl (C=O) groups is 2. The summed E-state index contributed by atoms with van der Waals surface area (Å²) < 4.78 is 11.6. The normalized spacial score (nSPS) is 11.1. The van der Waals surface area contributed by atoms with Crippen molar-refractivity contribution in [2.45, 2.75) is 66.2 Å². The molecule has 0 spiro atoms. The molecule has 202 valence electrons. The molecule has 0 N–H and O–H groups in total. The molecule has 3 aromatic rings. The largest absolute Gasteiger partial charge is 0.491 e. The number of hydrogen-bond acceptors (Lipinski definition) is 4. The van der Waals surface area contributed by atoms with Gasteiger partial charge in [-0.05, 0) is 79.5 Å². The quantitative estimate of drug-likeness (QED) is 0.111. The van der Waals surface area contributed by atoms with E-state index in [-0.39, 0.29) is 0 Å². The molecule has 0 atom stereocenters. The minimum atomic E-state index is -0.463. The Labute approximate surface area is 228 Å². The smallest absolute Gasteiger partial charge is 0.233 e. The van der Waals surface area contributed by atoms with E-state index in [1.165, 1.54) is 24.8 Å². The fourth-order valence-corrected chi connectivity index (χ4v) is 4.74. The first-order chi connectivity index (χ1) is 18.4. The van der Waals surface area contributed by atoms with Crippen LogP contribution in [0, 0.1) is 19.8 Å². The summed E-state index contributed by atoms with van der Waals surface area (Å²) >= 11 is 0. The Balaban J connectivity index is 1.71. The minimum absolute atomic E-state index is 0.423. The maximum absolute atomic E-state index is 13.3. The summed E-state index contributed by atoms with van der Waals surface area (Å²) in [6, 6.07) is 20.5. The molecule has 0 radical (unpaired) electrons.